The summed E-state index contributed by atoms with van der Waals surface area (Å²) in [4.78, 5) is 29.3. The minimum atomic E-state index is -0.477. The fourth-order valence-electron chi connectivity index (χ4n) is 2.69. The summed E-state index contributed by atoms with van der Waals surface area (Å²) in [5, 5.41) is 3.06. The van der Waals surface area contributed by atoms with Crippen molar-refractivity contribution in [3.05, 3.63) is 24.0 Å². The van der Waals surface area contributed by atoms with Crippen molar-refractivity contribution in [3.63, 3.8) is 0 Å². The predicted octanol–water partition coefficient (Wildman–Crippen LogP) is 1.07. The van der Waals surface area contributed by atoms with Gasteiger partial charge in [-0.3, -0.25) is 14.6 Å². The van der Waals surface area contributed by atoms with Crippen LogP contribution in [0.3, 0.4) is 0 Å². The molecule has 1 aliphatic heterocycles. The van der Waals surface area contributed by atoms with E-state index in [0.717, 1.165) is 31.5 Å². The van der Waals surface area contributed by atoms with E-state index >= 15 is 0 Å². The molecular weight excluding hydrogens is 268 g/mol. The first-order valence-corrected chi connectivity index (χ1v) is 7.40. The van der Waals surface area contributed by atoms with Crippen LogP contribution in [0.2, 0.25) is 0 Å². The lowest BCUT2D eigenvalue weighted by atomic mass is 10.0. The molecule has 0 aliphatic carbocycles. The molecule has 2 rings (SSSR count). The Morgan fingerprint density at radius 1 is 1.52 bits per heavy atom. The molecule has 114 valence electrons. The molecule has 0 bridgehead atoms. The Morgan fingerprint density at radius 2 is 2.33 bits per heavy atom. The van der Waals surface area contributed by atoms with Crippen LogP contribution in [0.4, 0.5) is 5.69 Å². The van der Waals surface area contributed by atoms with Crippen LogP contribution in [0.5, 0.6) is 0 Å². The standard InChI is InChI=1S/C15H22N4O2/c1-2-4-14(20)18-11-5-3-8-19(10-11)13-6-7-17-9-12(13)15(16)21/h6-7,9,11H,2-5,8,10H2,1H3,(H2,16,21)(H,18,20). The Hall–Kier alpha value is -2.11. The highest BCUT2D eigenvalue weighted by atomic mass is 16.2. The van der Waals surface area contributed by atoms with Crippen LogP contribution in [0.25, 0.3) is 0 Å². The van der Waals surface area contributed by atoms with Crippen molar-refractivity contribution >= 4 is 17.5 Å². The Kier molecular flexibility index (Phi) is 5.14. The lowest BCUT2D eigenvalue weighted by Gasteiger charge is -2.35. The number of hydrogen-bond donors (Lipinski definition) is 2. The Morgan fingerprint density at radius 3 is 3.05 bits per heavy atom. The third-order valence-electron chi connectivity index (χ3n) is 3.67. The second-order valence-corrected chi connectivity index (χ2v) is 5.36. The molecule has 6 nitrogen and oxygen atoms in total. The molecule has 1 fully saturated rings. The average molecular weight is 290 g/mol. The van der Waals surface area contributed by atoms with E-state index in [2.05, 4.69) is 15.2 Å². The van der Waals surface area contributed by atoms with Gasteiger partial charge < -0.3 is 16.0 Å². The molecule has 0 spiro atoms. The first kappa shape index (κ1) is 15.3. The second-order valence-electron chi connectivity index (χ2n) is 5.36. The summed E-state index contributed by atoms with van der Waals surface area (Å²) in [7, 11) is 0. The predicted molar refractivity (Wildman–Crippen MR) is 81.0 cm³/mol. The van der Waals surface area contributed by atoms with E-state index in [4.69, 9.17) is 5.73 Å². The lowest BCUT2D eigenvalue weighted by Crippen LogP contribution is -2.48. The van der Waals surface area contributed by atoms with E-state index in [-0.39, 0.29) is 11.9 Å². The van der Waals surface area contributed by atoms with E-state index in [9.17, 15) is 9.59 Å². The molecule has 2 heterocycles. The van der Waals surface area contributed by atoms with Crippen LogP contribution in [0.15, 0.2) is 18.5 Å². The number of hydrogen-bond acceptors (Lipinski definition) is 4. The molecule has 1 aromatic heterocycles. The topological polar surface area (TPSA) is 88.3 Å². The monoisotopic (exact) mass is 290 g/mol. The molecule has 0 saturated carbocycles. The van der Waals surface area contributed by atoms with E-state index < -0.39 is 5.91 Å². The Bertz CT molecular complexity index is 518. The molecule has 1 atom stereocenters. The fraction of sp³-hybridized carbons (Fsp3) is 0.533. The van der Waals surface area contributed by atoms with Crippen LogP contribution in [-0.2, 0) is 4.79 Å². The minimum absolute atomic E-state index is 0.0919. The lowest BCUT2D eigenvalue weighted by molar-refractivity contribution is -0.121. The number of carbonyl (C=O) groups is 2. The molecule has 6 heteroatoms. The molecule has 1 aliphatic rings. The number of nitrogens with one attached hydrogen (secondary N) is 1. The SMILES string of the molecule is CCCC(=O)NC1CCCN(c2ccncc2C(N)=O)C1. The van der Waals surface area contributed by atoms with Crippen LogP contribution < -0.4 is 16.0 Å². The number of rotatable bonds is 5. The molecule has 0 radical (unpaired) electrons. The summed E-state index contributed by atoms with van der Waals surface area (Å²) in [5.41, 5.74) is 6.63. The number of piperidine rings is 1. The molecule has 21 heavy (non-hydrogen) atoms. The van der Waals surface area contributed by atoms with E-state index in [0.29, 0.717) is 18.5 Å². The molecule has 1 unspecified atom stereocenters. The largest absolute Gasteiger partial charge is 0.369 e. The maximum Gasteiger partial charge on any atom is 0.252 e. The summed E-state index contributed by atoms with van der Waals surface area (Å²) in [6, 6.07) is 1.92. The number of aromatic nitrogens is 1. The first-order valence-electron chi connectivity index (χ1n) is 7.40. The van der Waals surface area contributed by atoms with Gasteiger partial charge in [0.25, 0.3) is 5.91 Å². The van der Waals surface area contributed by atoms with Crippen molar-refractivity contribution in [2.45, 2.75) is 38.6 Å². The first-order chi connectivity index (χ1) is 10.1. The van der Waals surface area contributed by atoms with Crippen LogP contribution >= 0.6 is 0 Å². The summed E-state index contributed by atoms with van der Waals surface area (Å²) >= 11 is 0. The van der Waals surface area contributed by atoms with Gasteiger partial charge in [0.15, 0.2) is 0 Å². The number of carbonyl (C=O) groups excluding carboxylic acids is 2. The summed E-state index contributed by atoms with van der Waals surface area (Å²) in [5.74, 6) is -0.385. The van der Waals surface area contributed by atoms with Gasteiger partial charge in [0.2, 0.25) is 5.91 Å². The van der Waals surface area contributed by atoms with Gasteiger partial charge in [-0.2, -0.15) is 0 Å². The van der Waals surface area contributed by atoms with E-state index in [1.54, 1.807) is 12.3 Å². The highest BCUT2D eigenvalue weighted by Crippen LogP contribution is 2.23. The summed E-state index contributed by atoms with van der Waals surface area (Å²) < 4.78 is 0. The van der Waals surface area contributed by atoms with Gasteiger partial charge in [0.05, 0.1) is 11.3 Å². The van der Waals surface area contributed by atoms with Crippen molar-refractivity contribution in [2.75, 3.05) is 18.0 Å². The minimum Gasteiger partial charge on any atom is -0.369 e. The molecule has 1 saturated heterocycles. The van der Waals surface area contributed by atoms with Gasteiger partial charge in [-0.05, 0) is 25.3 Å². The summed E-state index contributed by atoms with van der Waals surface area (Å²) in [6.45, 7) is 3.53. The maximum atomic E-state index is 11.7. The average Bonchev–Trinajstić information content (AvgIpc) is 2.47. The van der Waals surface area contributed by atoms with Crippen molar-refractivity contribution < 1.29 is 9.59 Å². The number of nitrogens with two attached hydrogens (primary N) is 1. The van der Waals surface area contributed by atoms with Gasteiger partial charge in [-0.1, -0.05) is 6.92 Å². The maximum absolute atomic E-state index is 11.7. The molecule has 1 aromatic rings. The molecule has 2 amide bonds. The van der Waals surface area contributed by atoms with E-state index in [1.165, 1.54) is 6.20 Å². The van der Waals surface area contributed by atoms with Crippen LogP contribution in [0.1, 0.15) is 43.0 Å². The fourth-order valence-corrected chi connectivity index (χ4v) is 2.69. The second kappa shape index (κ2) is 7.06. The zero-order valence-corrected chi connectivity index (χ0v) is 12.3. The van der Waals surface area contributed by atoms with E-state index in [1.807, 2.05) is 6.92 Å². The highest BCUT2D eigenvalue weighted by Gasteiger charge is 2.23. The van der Waals surface area contributed by atoms with Crippen molar-refractivity contribution in [1.82, 2.24) is 10.3 Å². The highest BCUT2D eigenvalue weighted by molar-refractivity contribution is 5.98. The summed E-state index contributed by atoms with van der Waals surface area (Å²) in [6.07, 6.45) is 6.48. The van der Waals surface area contributed by atoms with Gasteiger partial charge in [0.1, 0.15) is 0 Å². The Labute approximate surface area is 124 Å². The van der Waals surface area contributed by atoms with Crippen molar-refractivity contribution in [1.29, 1.82) is 0 Å². The normalized spacial score (nSPS) is 18.3. The third-order valence-corrected chi connectivity index (χ3v) is 3.67. The van der Waals surface area contributed by atoms with Gasteiger partial charge in [-0.25, -0.2) is 0 Å². The Balaban J connectivity index is 2.07. The number of pyridine rings is 1. The van der Waals surface area contributed by atoms with Gasteiger partial charge in [0, 0.05) is 37.9 Å². The number of primary amides is 1. The number of nitrogens with zero attached hydrogens (tertiary/aromatic N) is 2. The third kappa shape index (κ3) is 3.93. The molecular formula is C15H22N4O2. The smallest absolute Gasteiger partial charge is 0.252 e. The van der Waals surface area contributed by atoms with Crippen molar-refractivity contribution in [3.8, 4) is 0 Å². The molecule has 3 N–H and O–H groups in total. The number of amides is 2. The van der Waals surface area contributed by atoms with Gasteiger partial charge >= 0.3 is 0 Å². The van der Waals surface area contributed by atoms with Gasteiger partial charge in [-0.15, -0.1) is 0 Å². The zero-order chi connectivity index (χ0) is 15.2. The van der Waals surface area contributed by atoms with Crippen molar-refractivity contribution in [2.24, 2.45) is 5.73 Å². The quantitative estimate of drug-likeness (QED) is 0.849. The number of anilines is 1. The van der Waals surface area contributed by atoms with Crippen LogP contribution in [0, 0.1) is 0 Å². The van der Waals surface area contributed by atoms with Crippen LogP contribution in [-0.4, -0.2) is 35.9 Å². The molecule has 0 aromatic carbocycles. The zero-order valence-electron chi connectivity index (χ0n) is 12.3.